The van der Waals surface area contributed by atoms with E-state index in [1.807, 2.05) is 33.6 Å². The van der Waals surface area contributed by atoms with E-state index in [1.54, 1.807) is 0 Å². The molecule has 1 saturated heterocycles. The standard InChI is InChI=1S/C19H23N5O2S/c1-19(2,3)17-20-14-7-5-4-6-13(14)16-21-22-18(24(16)17)27-12-15(25)23-8-10-26-11-9-23/h4-7H,8-12H2,1-3H3. The summed E-state index contributed by atoms with van der Waals surface area (Å²) in [7, 11) is 0. The summed E-state index contributed by atoms with van der Waals surface area (Å²) >= 11 is 1.41. The van der Waals surface area contributed by atoms with Crippen LogP contribution in [-0.2, 0) is 14.9 Å². The van der Waals surface area contributed by atoms with Crippen LogP contribution in [0.3, 0.4) is 0 Å². The fraction of sp³-hybridized carbons (Fsp3) is 0.474. The topological polar surface area (TPSA) is 72.6 Å². The molecule has 0 N–H and O–H groups in total. The normalized spacial score (nSPS) is 15.6. The smallest absolute Gasteiger partial charge is 0.233 e. The van der Waals surface area contributed by atoms with Gasteiger partial charge in [0.25, 0.3) is 0 Å². The van der Waals surface area contributed by atoms with Crippen LogP contribution in [-0.4, -0.2) is 62.4 Å². The summed E-state index contributed by atoms with van der Waals surface area (Å²) in [5.41, 5.74) is 1.50. The van der Waals surface area contributed by atoms with Gasteiger partial charge in [0, 0.05) is 23.9 Å². The highest BCUT2D eigenvalue weighted by atomic mass is 32.2. The number of rotatable bonds is 3. The summed E-state index contributed by atoms with van der Waals surface area (Å²) < 4.78 is 7.32. The predicted octanol–water partition coefficient (Wildman–Crippen LogP) is 2.53. The Hall–Kier alpha value is -2.19. The van der Waals surface area contributed by atoms with Gasteiger partial charge in [-0.1, -0.05) is 44.7 Å². The lowest BCUT2D eigenvalue weighted by atomic mass is 9.95. The summed E-state index contributed by atoms with van der Waals surface area (Å²) in [5.74, 6) is 1.32. The molecule has 0 atom stereocenters. The van der Waals surface area contributed by atoms with Crippen LogP contribution in [0.5, 0.6) is 0 Å². The Morgan fingerprint density at radius 1 is 1.19 bits per heavy atom. The van der Waals surface area contributed by atoms with Gasteiger partial charge < -0.3 is 9.64 Å². The van der Waals surface area contributed by atoms with Crippen molar-refractivity contribution in [3.8, 4) is 0 Å². The molecule has 1 fully saturated rings. The lowest BCUT2D eigenvalue weighted by Crippen LogP contribution is -2.41. The van der Waals surface area contributed by atoms with Gasteiger partial charge in [-0.15, -0.1) is 10.2 Å². The molecule has 1 aromatic carbocycles. The first-order chi connectivity index (χ1) is 12.9. The zero-order chi connectivity index (χ0) is 19.0. The van der Waals surface area contributed by atoms with Gasteiger partial charge in [0.05, 0.1) is 24.5 Å². The molecule has 4 rings (SSSR count). The number of nitrogens with zero attached hydrogens (tertiary/aromatic N) is 5. The van der Waals surface area contributed by atoms with E-state index in [1.165, 1.54) is 11.8 Å². The van der Waals surface area contributed by atoms with Gasteiger partial charge in [0.15, 0.2) is 10.8 Å². The molecule has 0 saturated carbocycles. The molecule has 7 nitrogen and oxygen atoms in total. The lowest BCUT2D eigenvalue weighted by molar-refractivity contribution is -0.132. The zero-order valence-electron chi connectivity index (χ0n) is 15.8. The summed E-state index contributed by atoms with van der Waals surface area (Å²) in [4.78, 5) is 19.2. The summed E-state index contributed by atoms with van der Waals surface area (Å²) in [6, 6.07) is 7.95. The Kier molecular flexibility index (Phi) is 4.77. The Labute approximate surface area is 162 Å². The average molecular weight is 385 g/mol. The Balaban J connectivity index is 1.71. The number of para-hydroxylation sites is 1. The van der Waals surface area contributed by atoms with E-state index >= 15 is 0 Å². The number of thioether (sulfide) groups is 1. The van der Waals surface area contributed by atoms with E-state index < -0.39 is 0 Å². The fourth-order valence-electron chi connectivity index (χ4n) is 3.19. The van der Waals surface area contributed by atoms with E-state index in [4.69, 9.17) is 9.72 Å². The van der Waals surface area contributed by atoms with Gasteiger partial charge in [-0.3, -0.25) is 9.20 Å². The van der Waals surface area contributed by atoms with Crippen molar-refractivity contribution >= 4 is 34.2 Å². The molecule has 2 aromatic heterocycles. The van der Waals surface area contributed by atoms with Crippen LogP contribution in [0, 0.1) is 0 Å². The van der Waals surface area contributed by atoms with Crippen molar-refractivity contribution in [2.24, 2.45) is 0 Å². The van der Waals surface area contributed by atoms with Crippen LogP contribution in [0.1, 0.15) is 26.6 Å². The highest BCUT2D eigenvalue weighted by Gasteiger charge is 2.25. The highest BCUT2D eigenvalue weighted by Crippen LogP contribution is 2.29. The van der Waals surface area contributed by atoms with Gasteiger partial charge in [-0.05, 0) is 12.1 Å². The Morgan fingerprint density at radius 2 is 1.93 bits per heavy atom. The minimum absolute atomic E-state index is 0.103. The second-order valence-corrected chi connectivity index (χ2v) is 8.57. The molecule has 142 valence electrons. The maximum atomic E-state index is 12.5. The minimum Gasteiger partial charge on any atom is -0.378 e. The molecule has 0 unspecified atom stereocenters. The molecule has 27 heavy (non-hydrogen) atoms. The van der Waals surface area contributed by atoms with E-state index in [0.717, 1.165) is 22.4 Å². The molecule has 0 aliphatic carbocycles. The number of aromatic nitrogens is 4. The molecule has 0 radical (unpaired) electrons. The second kappa shape index (κ2) is 7.09. The van der Waals surface area contributed by atoms with Gasteiger partial charge >= 0.3 is 0 Å². The lowest BCUT2D eigenvalue weighted by Gasteiger charge is -2.26. The first kappa shape index (κ1) is 18.2. The van der Waals surface area contributed by atoms with Crippen LogP contribution < -0.4 is 0 Å². The van der Waals surface area contributed by atoms with Crippen molar-refractivity contribution in [3.63, 3.8) is 0 Å². The molecule has 8 heteroatoms. The van der Waals surface area contributed by atoms with Gasteiger partial charge in [0.2, 0.25) is 5.91 Å². The van der Waals surface area contributed by atoms with Crippen LogP contribution in [0.4, 0.5) is 0 Å². The van der Waals surface area contributed by atoms with Crippen molar-refractivity contribution in [2.75, 3.05) is 32.1 Å². The van der Waals surface area contributed by atoms with Crippen molar-refractivity contribution in [3.05, 3.63) is 30.1 Å². The van der Waals surface area contributed by atoms with E-state index in [-0.39, 0.29) is 11.3 Å². The van der Waals surface area contributed by atoms with Gasteiger partial charge in [-0.2, -0.15) is 0 Å². The van der Waals surface area contributed by atoms with Gasteiger partial charge in [-0.25, -0.2) is 4.98 Å². The third kappa shape index (κ3) is 3.51. The van der Waals surface area contributed by atoms with Crippen LogP contribution in [0.25, 0.3) is 16.6 Å². The first-order valence-electron chi connectivity index (χ1n) is 9.08. The van der Waals surface area contributed by atoms with Crippen LogP contribution in [0.15, 0.2) is 29.4 Å². The molecular weight excluding hydrogens is 362 g/mol. The van der Waals surface area contributed by atoms with E-state index in [9.17, 15) is 4.79 Å². The third-order valence-electron chi connectivity index (χ3n) is 4.58. The number of carbonyl (C=O) groups excluding carboxylic acids is 1. The van der Waals surface area contributed by atoms with Crippen molar-refractivity contribution in [1.29, 1.82) is 0 Å². The largest absolute Gasteiger partial charge is 0.378 e. The Morgan fingerprint density at radius 3 is 2.67 bits per heavy atom. The molecule has 1 aliphatic rings. The van der Waals surface area contributed by atoms with Crippen molar-refractivity contribution in [1.82, 2.24) is 24.5 Å². The number of hydrogen-bond donors (Lipinski definition) is 0. The number of hydrogen-bond acceptors (Lipinski definition) is 6. The van der Waals surface area contributed by atoms with E-state index in [2.05, 4.69) is 31.0 Å². The number of morpholine rings is 1. The van der Waals surface area contributed by atoms with Crippen molar-refractivity contribution < 1.29 is 9.53 Å². The fourth-order valence-corrected chi connectivity index (χ4v) is 4.02. The molecule has 1 amide bonds. The average Bonchev–Trinajstić information content (AvgIpc) is 3.09. The van der Waals surface area contributed by atoms with Crippen LogP contribution in [0.2, 0.25) is 0 Å². The minimum atomic E-state index is -0.186. The quantitative estimate of drug-likeness (QED) is 0.645. The molecule has 3 aromatic rings. The summed E-state index contributed by atoms with van der Waals surface area (Å²) in [5, 5.41) is 10.5. The first-order valence-corrected chi connectivity index (χ1v) is 10.1. The maximum Gasteiger partial charge on any atom is 0.233 e. The maximum absolute atomic E-state index is 12.5. The number of benzene rings is 1. The highest BCUT2D eigenvalue weighted by molar-refractivity contribution is 7.99. The second-order valence-electron chi connectivity index (χ2n) is 7.63. The van der Waals surface area contributed by atoms with E-state index in [0.29, 0.717) is 37.2 Å². The zero-order valence-corrected chi connectivity index (χ0v) is 16.6. The molecule has 1 aliphatic heterocycles. The number of ether oxygens (including phenoxy) is 1. The monoisotopic (exact) mass is 385 g/mol. The summed E-state index contributed by atoms with van der Waals surface area (Å²) in [6.45, 7) is 8.88. The number of fused-ring (bicyclic) bond motifs is 3. The molecule has 0 bridgehead atoms. The van der Waals surface area contributed by atoms with Gasteiger partial charge in [0.1, 0.15) is 5.82 Å². The predicted molar refractivity (Wildman–Crippen MR) is 105 cm³/mol. The summed E-state index contributed by atoms with van der Waals surface area (Å²) in [6.07, 6.45) is 0. The number of carbonyl (C=O) groups is 1. The Bertz CT molecular complexity index is 989. The molecule has 0 spiro atoms. The van der Waals surface area contributed by atoms with Crippen LogP contribution >= 0.6 is 11.8 Å². The SMILES string of the molecule is CC(C)(C)c1nc2ccccc2c2nnc(SCC(=O)N3CCOCC3)n12. The molecular formula is C19H23N5O2S. The molecule has 3 heterocycles. The third-order valence-corrected chi connectivity index (χ3v) is 5.49. The van der Waals surface area contributed by atoms with Crippen molar-refractivity contribution in [2.45, 2.75) is 31.3 Å². The number of amides is 1.